The van der Waals surface area contributed by atoms with Crippen molar-refractivity contribution in [3.05, 3.63) is 41.0 Å². The van der Waals surface area contributed by atoms with E-state index in [0.29, 0.717) is 17.3 Å². The van der Waals surface area contributed by atoms with Gasteiger partial charge in [-0.15, -0.1) is 5.10 Å². The molecule has 0 fully saturated rings. The van der Waals surface area contributed by atoms with E-state index in [1.54, 1.807) is 16.8 Å². The van der Waals surface area contributed by atoms with Crippen molar-refractivity contribution >= 4 is 23.4 Å². The van der Waals surface area contributed by atoms with Crippen LogP contribution in [0.2, 0.25) is 5.02 Å². The minimum atomic E-state index is -0.398. The molecule has 0 saturated carbocycles. The zero-order valence-electron chi connectivity index (χ0n) is 12.5. The van der Waals surface area contributed by atoms with Gasteiger partial charge < -0.3 is 10.4 Å². The number of carbonyl (C=O) groups excluding carboxylic acids is 1. The Morgan fingerprint density at radius 1 is 1.45 bits per heavy atom. The van der Waals surface area contributed by atoms with Crippen LogP contribution in [-0.4, -0.2) is 33.6 Å². The molecule has 2 amide bonds. The number of rotatable bonds is 5. The largest absolute Gasteiger partial charge is 0.394 e. The van der Waals surface area contributed by atoms with Gasteiger partial charge in [0.1, 0.15) is 0 Å². The average molecular weight is 323 g/mol. The summed E-state index contributed by atoms with van der Waals surface area (Å²) in [4.78, 5) is 11.9. The second-order valence-corrected chi connectivity index (χ2v) is 5.33. The number of hydrogen-bond acceptors (Lipinski definition) is 3. The summed E-state index contributed by atoms with van der Waals surface area (Å²) >= 11 is 6.16. The Morgan fingerprint density at radius 3 is 2.82 bits per heavy atom. The van der Waals surface area contributed by atoms with Crippen LogP contribution < -0.4 is 10.6 Å². The van der Waals surface area contributed by atoms with E-state index >= 15 is 0 Å². The molecule has 2 rings (SSSR count). The number of aliphatic hydroxyl groups is 1. The van der Waals surface area contributed by atoms with Crippen LogP contribution in [0.5, 0.6) is 0 Å². The molecule has 1 aromatic heterocycles. The Balaban J connectivity index is 2.13. The zero-order chi connectivity index (χ0) is 16.1. The maximum absolute atomic E-state index is 11.9. The van der Waals surface area contributed by atoms with Crippen molar-refractivity contribution < 1.29 is 9.90 Å². The number of hydrogen-bond donors (Lipinski definition) is 3. The van der Waals surface area contributed by atoms with E-state index in [1.807, 2.05) is 32.0 Å². The number of aryl methyl sites for hydroxylation is 1. The lowest BCUT2D eigenvalue weighted by Gasteiger charge is -2.13. The van der Waals surface area contributed by atoms with E-state index in [1.165, 1.54) is 0 Å². The van der Waals surface area contributed by atoms with Gasteiger partial charge in [0.05, 0.1) is 23.4 Å². The van der Waals surface area contributed by atoms with Crippen molar-refractivity contribution in [2.45, 2.75) is 26.3 Å². The third-order valence-electron chi connectivity index (χ3n) is 3.26. The summed E-state index contributed by atoms with van der Waals surface area (Å²) < 4.78 is 1.67. The molecule has 0 spiro atoms. The fraction of sp³-hybridized carbons (Fsp3) is 0.333. The molecule has 0 bridgehead atoms. The highest BCUT2D eigenvalue weighted by molar-refractivity contribution is 6.32. The van der Waals surface area contributed by atoms with E-state index in [4.69, 9.17) is 16.7 Å². The summed E-state index contributed by atoms with van der Waals surface area (Å²) in [5.41, 5.74) is 1.59. The predicted molar refractivity (Wildman–Crippen MR) is 86.6 cm³/mol. The first-order chi connectivity index (χ1) is 10.5. The number of carbonyl (C=O) groups is 1. The number of amides is 2. The summed E-state index contributed by atoms with van der Waals surface area (Å²) in [6.45, 7) is 3.66. The summed E-state index contributed by atoms with van der Waals surface area (Å²) in [5, 5.41) is 19.3. The lowest BCUT2D eigenvalue weighted by molar-refractivity contribution is 0.222. The standard InChI is InChI=1S/C15H19ClN4O2/c1-3-11(9-21)17-15(22)18-14-8-10(2)20(19-14)13-7-5-4-6-12(13)16/h4-8,11,21H,3,9H2,1-2H3,(H2,17,18,19,22). The van der Waals surface area contributed by atoms with Gasteiger partial charge in [0, 0.05) is 11.8 Å². The van der Waals surface area contributed by atoms with Crippen molar-refractivity contribution in [1.29, 1.82) is 0 Å². The second kappa shape index (κ2) is 7.29. The third-order valence-corrected chi connectivity index (χ3v) is 3.58. The molecule has 1 heterocycles. The molecule has 22 heavy (non-hydrogen) atoms. The highest BCUT2D eigenvalue weighted by Gasteiger charge is 2.13. The maximum atomic E-state index is 11.9. The first kappa shape index (κ1) is 16.3. The molecular weight excluding hydrogens is 304 g/mol. The van der Waals surface area contributed by atoms with E-state index < -0.39 is 6.03 Å². The quantitative estimate of drug-likeness (QED) is 0.792. The van der Waals surface area contributed by atoms with Crippen molar-refractivity contribution in [2.24, 2.45) is 0 Å². The highest BCUT2D eigenvalue weighted by atomic mass is 35.5. The number of para-hydroxylation sites is 1. The van der Waals surface area contributed by atoms with Crippen LogP contribution in [0.4, 0.5) is 10.6 Å². The lowest BCUT2D eigenvalue weighted by Crippen LogP contribution is -2.39. The monoisotopic (exact) mass is 322 g/mol. The first-order valence-corrected chi connectivity index (χ1v) is 7.43. The number of nitrogens with zero attached hydrogens (tertiary/aromatic N) is 2. The van der Waals surface area contributed by atoms with Crippen molar-refractivity contribution in [2.75, 3.05) is 11.9 Å². The van der Waals surface area contributed by atoms with Gasteiger partial charge in [-0.1, -0.05) is 30.7 Å². The minimum absolute atomic E-state index is 0.100. The van der Waals surface area contributed by atoms with E-state index in [9.17, 15) is 4.79 Å². The molecule has 0 aliphatic heterocycles. The molecule has 0 radical (unpaired) electrons. The number of aliphatic hydroxyl groups excluding tert-OH is 1. The fourth-order valence-corrected chi connectivity index (χ4v) is 2.23. The molecule has 0 aliphatic carbocycles. The smallest absolute Gasteiger partial charge is 0.320 e. The maximum Gasteiger partial charge on any atom is 0.320 e. The van der Waals surface area contributed by atoms with Gasteiger partial charge in [0.25, 0.3) is 0 Å². The summed E-state index contributed by atoms with van der Waals surface area (Å²) in [7, 11) is 0. The Bertz CT molecular complexity index is 653. The van der Waals surface area contributed by atoms with Crippen molar-refractivity contribution in [1.82, 2.24) is 15.1 Å². The van der Waals surface area contributed by atoms with Crippen LogP contribution in [0.3, 0.4) is 0 Å². The third kappa shape index (κ3) is 3.78. The van der Waals surface area contributed by atoms with Crippen LogP contribution in [0.1, 0.15) is 19.0 Å². The van der Waals surface area contributed by atoms with E-state index in [2.05, 4.69) is 15.7 Å². The van der Waals surface area contributed by atoms with Crippen LogP contribution in [0.15, 0.2) is 30.3 Å². The van der Waals surface area contributed by atoms with Crippen LogP contribution in [-0.2, 0) is 0 Å². The van der Waals surface area contributed by atoms with Gasteiger partial charge in [-0.25, -0.2) is 9.48 Å². The summed E-state index contributed by atoms with van der Waals surface area (Å²) in [6.07, 6.45) is 0.650. The Labute approximate surface area is 134 Å². The summed E-state index contributed by atoms with van der Waals surface area (Å²) in [6, 6.07) is 8.43. The molecule has 1 aromatic carbocycles. The molecule has 3 N–H and O–H groups in total. The van der Waals surface area contributed by atoms with Crippen LogP contribution >= 0.6 is 11.6 Å². The topological polar surface area (TPSA) is 79.2 Å². The molecule has 0 aliphatic rings. The lowest BCUT2D eigenvalue weighted by atomic mass is 10.2. The molecule has 2 aromatic rings. The SMILES string of the molecule is CCC(CO)NC(=O)Nc1cc(C)n(-c2ccccc2Cl)n1. The Kier molecular flexibility index (Phi) is 5.41. The molecule has 6 nitrogen and oxygen atoms in total. The van der Waals surface area contributed by atoms with Gasteiger partial charge >= 0.3 is 6.03 Å². The second-order valence-electron chi connectivity index (χ2n) is 4.92. The highest BCUT2D eigenvalue weighted by Crippen LogP contribution is 2.22. The van der Waals surface area contributed by atoms with E-state index in [0.717, 1.165) is 11.4 Å². The van der Waals surface area contributed by atoms with Gasteiger partial charge in [-0.3, -0.25) is 5.32 Å². The Hall–Kier alpha value is -2.05. The zero-order valence-corrected chi connectivity index (χ0v) is 13.3. The normalized spacial score (nSPS) is 12.0. The van der Waals surface area contributed by atoms with Gasteiger partial charge in [-0.05, 0) is 25.5 Å². The molecule has 1 atom stereocenters. The van der Waals surface area contributed by atoms with E-state index in [-0.39, 0.29) is 12.6 Å². The first-order valence-electron chi connectivity index (χ1n) is 7.05. The number of halogens is 1. The molecule has 118 valence electrons. The van der Waals surface area contributed by atoms with Crippen LogP contribution in [0.25, 0.3) is 5.69 Å². The number of anilines is 1. The van der Waals surface area contributed by atoms with Crippen LogP contribution in [0, 0.1) is 6.92 Å². The predicted octanol–water partition coefficient (Wildman–Crippen LogP) is 2.73. The Morgan fingerprint density at radius 2 is 2.18 bits per heavy atom. The minimum Gasteiger partial charge on any atom is -0.394 e. The van der Waals surface area contributed by atoms with Crippen molar-refractivity contribution in [3.8, 4) is 5.69 Å². The van der Waals surface area contributed by atoms with Gasteiger partial charge in [-0.2, -0.15) is 0 Å². The number of benzene rings is 1. The molecule has 7 heteroatoms. The molecular formula is C15H19ClN4O2. The number of urea groups is 1. The summed E-state index contributed by atoms with van der Waals surface area (Å²) in [5.74, 6) is 0.419. The number of aromatic nitrogens is 2. The fourth-order valence-electron chi connectivity index (χ4n) is 2.02. The molecule has 0 saturated heterocycles. The van der Waals surface area contributed by atoms with Gasteiger partial charge in [0.2, 0.25) is 0 Å². The van der Waals surface area contributed by atoms with Crippen molar-refractivity contribution in [3.63, 3.8) is 0 Å². The average Bonchev–Trinajstić information content (AvgIpc) is 2.85. The number of nitrogens with one attached hydrogen (secondary N) is 2. The molecule has 1 unspecified atom stereocenters. The van der Waals surface area contributed by atoms with Gasteiger partial charge in [0.15, 0.2) is 5.82 Å².